The van der Waals surface area contributed by atoms with E-state index in [9.17, 15) is 9.00 Å². The van der Waals surface area contributed by atoms with Crippen LogP contribution in [0.5, 0.6) is 0 Å². The summed E-state index contributed by atoms with van der Waals surface area (Å²) in [5.74, 6) is 0.696. The topological polar surface area (TPSA) is 73.5 Å². The Labute approximate surface area is 180 Å². The van der Waals surface area contributed by atoms with Crippen molar-refractivity contribution < 1.29 is 18.2 Å². The van der Waals surface area contributed by atoms with Crippen molar-refractivity contribution in [1.82, 2.24) is 9.29 Å². The van der Waals surface area contributed by atoms with E-state index in [4.69, 9.17) is 9.15 Å². The van der Waals surface area contributed by atoms with E-state index in [1.807, 2.05) is 77.9 Å². The number of para-hydroxylation sites is 1. The van der Waals surface area contributed by atoms with Gasteiger partial charge in [-0.1, -0.05) is 18.2 Å². The Balaban J connectivity index is 1.98. The minimum Gasteiger partial charge on any atom is -0.468 e. The van der Waals surface area contributed by atoms with Gasteiger partial charge in [0, 0.05) is 11.6 Å². The van der Waals surface area contributed by atoms with Gasteiger partial charge in [0.05, 0.1) is 33.6 Å². The molecular formula is C23H30N2O4S. The van der Waals surface area contributed by atoms with E-state index < -0.39 is 27.4 Å². The van der Waals surface area contributed by atoms with Gasteiger partial charge >= 0.3 is 6.09 Å². The lowest BCUT2D eigenvalue weighted by Crippen LogP contribution is -2.36. The SMILES string of the molecule is CC(C)(C)OC(=O)n1cc(C[C@H](N[S@@](=O)C(C)(C)C)c2ccco2)c2ccccc21. The van der Waals surface area contributed by atoms with Crippen LogP contribution in [0.2, 0.25) is 0 Å². The van der Waals surface area contributed by atoms with Gasteiger partial charge < -0.3 is 9.15 Å². The first-order valence-electron chi connectivity index (χ1n) is 9.99. The fraction of sp³-hybridized carbons (Fsp3) is 0.435. The van der Waals surface area contributed by atoms with Crippen molar-refractivity contribution in [3.63, 3.8) is 0 Å². The molecule has 162 valence electrons. The second kappa shape index (κ2) is 8.40. The van der Waals surface area contributed by atoms with Crippen LogP contribution in [-0.2, 0) is 22.1 Å². The Bertz CT molecular complexity index is 1040. The fourth-order valence-corrected chi connectivity index (χ4v) is 3.90. The molecule has 2 aromatic heterocycles. The summed E-state index contributed by atoms with van der Waals surface area (Å²) in [6.45, 7) is 11.3. The molecule has 3 rings (SSSR count). The normalized spacial score (nSPS) is 14.6. The van der Waals surface area contributed by atoms with Gasteiger partial charge in [-0.25, -0.2) is 13.7 Å². The summed E-state index contributed by atoms with van der Waals surface area (Å²) >= 11 is 0. The predicted molar refractivity (Wildman–Crippen MR) is 120 cm³/mol. The van der Waals surface area contributed by atoms with Crippen LogP contribution in [0.15, 0.2) is 53.3 Å². The van der Waals surface area contributed by atoms with Gasteiger partial charge in [-0.3, -0.25) is 4.57 Å². The van der Waals surface area contributed by atoms with Crippen molar-refractivity contribution in [2.45, 2.75) is 64.4 Å². The number of benzene rings is 1. The number of fused-ring (bicyclic) bond motifs is 1. The van der Waals surface area contributed by atoms with E-state index in [0.29, 0.717) is 12.2 Å². The lowest BCUT2D eigenvalue weighted by atomic mass is 10.0. The largest absolute Gasteiger partial charge is 0.468 e. The number of hydrogen-bond donors (Lipinski definition) is 1. The Morgan fingerprint density at radius 3 is 2.43 bits per heavy atom. The third-order valence-corrected chi connectivity index (χ3v) is 6.11. The lowest BCUT2D eigenvalue weighted by molar-refractivity contribution is 0.0544. The number of furan rings is 1. The zero-order valence-electron chi connectivity index (χ0n) is 18.4. The molecule has 0 unspecified atom stereocenters. The third-order valence-electron chi connectivity index (χ3n) is 4.50. The van der Waals surface area contributed by atoms with Gasteiger partial charge in [0.25, 0.3) is 0 Å². The molecule has 1 aromatic carbocycles. The standard InChI is InChI=1S/C23H30N2O4S/c1-22(2,3)29-21(26)25-15-16(17-10-7-8-11-19(17)25)14-18(20-12-9-13-28-20)24-30(27)23(4,5)6/h7-13,15,18,24H,14H2,1-6H3/t18-,30-/m0/s1. The van der Waals surface area contributed by atoms with Crippen molar-refractivity contribution >= 4 is 28.0 Å². The molecule has 0 aliphatic heterocycles. The maximum absolute atomic E-state index is 12.8. The quantitative estimate of drug-likeness (QED) is 0.592. The predicted octanol–water partition coefficient (Wildman–Crippen LogP) is 5.35. The van der Waals surface area contributed by atoms with Gasteiger partial charge in [-0.15, -0.1) is 0 Å². The lowest BCUT2D eigenvalue weighted by Gasteiger charge is -2.23. The molecule has 6 nitrogen and oxygen atoms in total. The van der Waals surface area contributed by atoms with Gasteiger partial charge in [0.15, 0.2) is 0 Å². The molecule has 2 heterocycles. The van der Waals surface area contributed by atoms with E-state index in [2.05, 4.69) is 4.72 Å². The molecule has 0 amide bonds. The smallest absolute Gasteiger partial charge is 0.419 e. The number of aromatic nitrogens is 1. The molecule has 0 spiro atoms. The Morgan fingerprint density at radius 1 is 1.13 bits per heavy atom. The van der Waals surface area contributed by atoms with Crippen molar-refractivity contribution in [2.24, 2.45) is 0 Å². The highest BCUT2D eigenvalue weighted by Gasteiger charge is 2.27. The molecular weight excluding hydrogens is 400 g/mol. The van der Waals surface area contributed by atoms with E-state index in [1.165, 1.54) is 4.57 Å². The summed E-state index contributed by atoms with van der Waals surface area (Å²) in [6.07, 6.45) is 3.49. The minimum atomic E-state index is -1.28. The first kappa shape index (κ1) is 22.3. The van der Waals surface area contributed by atoms with E-state index in [-0.39, 0.29) is 6.04 Å². The van der Waals surface area contributed by atoms with Crippen molar-refractivity contribution in [3.05, 3.63) is 60.2 Å². The highest BCUT2D eigenvalue weighted by atomic mass is 32.2. The van der Waals surface area contributed by atoms with E-state index in [1.54, 1.807) is 12.5 Å². The highest BCUT2D eigenvalue weighted by molar-refractivity contribution is 7.84. The molecule has 2 atom stereocenters. The fourth-order valence-electron chi connectivity index (χ4n) is 3.09. The number of carbonyl (C=O) groups is 1. The van der Waals surface area contributed by atoms with Crippen LogP contribution in [0.25, 0.3) is 10.9 Å². The molecule has 1 N–H and O–H groups in total. The summed E-state index contributed by atoms with van der Waals surface area (Å²) in [4.78, 5) is 12.8. The molecule has 0 aliphatic rings. The van der Waals surface area contributed by atoms with E-state index >= 15 is 0 Å². The van der Waals surface area contributed by atoms with Gasteiger partial charge in [0.2, 0.25) is 0 Å². The van der Waals surface area contributed by atoms with Gasteiger partial charge in [-0.05, 0) is 71.7 Å². The number of hydrogen-bond acceptors (Lipinski definition) is 4. The average molecular weight is 431 g/mol. The zero-order valence-corrected chi connectivity index (χ0v) is 19.2. The molecule has 0 saturated heterocycles. The maximum Gasteiger partial charge on any atom is 0.419 e. The second-order valence-electron chi connectivity index (χ2n) is 9.29. The number of ether oxygens (including phenoxy) is 1. The summed E-state index contributed by atoms with van der Waals surface area (Å²) in [6, 6.07) is 11.1. The molecule has 0 aliphatic carbocycles. The Kier molecular flexibility index (Phi) is 6.24. The van der Waals surface area contributed by atoms with Crippen LogP contribution in [0.3, 0.4) is 0 Å². The summed E-state index contributed by atoms with van der Waals surface area (Å²) in [5, 5.41) is 0.947. The van der Waals surface area contributed by atoms with Gasteiger partial charge in [0.1, 0.15) is 11.4 Å². The van der Waals surface area contributed by atoms with Crippen LogP contribution >= 0.6 is 0 Å². The zero-order chi connectivity index (χ0) is 22.1. The molecule has 7 heteroatoms. The highest BCUT2D eigenvalue weighted by Crippen LogP contribution is 2.28. The van der Waals surface area contributed by atoms with Crippen LogP contribution in [0.4, 0.5) is 4.79 Å². The summed E-state index contributed by atoms with van der Waals surface area (Å²) in [7, 11) is -1.28. The van der Waals surface area contributed by atoms with Crippen molar-refractivity contribution in [1.29, 1.82) is 0 Å². The van der Waals surface area contributed by atoms with Crippen LogP contribution in [0, 0.1) is 0 Å². The minimum absolute atomic E-state index is 0.307. The first-order chi connectivity index (χ1) is 14.0. The molecule has 0 fully saturated rings. The van der Waals surface area contributed by atoms with Crippen molar-refractivity contribution in [3.8, 4) is 0 Å². The van der Waals surface area contributed by atoms with Crippen LogP contribution < -0.4 is 4.72 Å². The Morgan fingerprint density at radius 2 is 1.83 bits per heavy atom. The average Bonchev–Trinajstić information content (AvgIpc) is 3.27. The van der Waals surface area contributed by atoms with Gasteiger partial charge in [-0.2, -0.15) is 0 Å². The molecule has 0 bridgehead atoms. The Hall–Kier alpha value is -2.38. The van der Waals surface area contributed by atoms with Crippen molar-refractivity contribution in [2.75, 3.05) is 0 Å². The first-order valence-corrected chi connectivity index (χ1v) is 11.1. The number of rotatable bonds is 5. The monoisotopic (exact) mass is 430 g/mol. The summed E-state index contributed by atoms with van der Waals surface area (Å²) < 4.78 is 28.3. The van der Waals surface area contributed by atoms with E-state index in [0.717, 1.165) is 16.5 Å². The molecule has 0 saturated carbocycles. The van der Waals surface area contributed by atoms with Crippen LogP contribution in [0.1, 0.15) is 58.9 Å². The number of carbonyl (C=O) groups excluding carboxylic acids is 1. The molecule has 30 heavy (non-hydrogen) atoms. The molecule has 0 radical (unpaired) electrons. The number of nitrogens with one attached hydrogen (secondary N) is 1. The number of nitrogens with zero attached hydrogens (tertiary/aromatic N) is 1. The van der Waals surface area contributed by atoms with Crippen LogP contribution in [-0.4, -0.2) is 25.2 Å². The maximum atomic E-state index is 12.8. The summed E-state index contributed by atoms with van der Waals surface area (Å²) in [5.41, 5.74) is 1.12. The second-order valence-corrected chi connectivity index (χ2v) is 11.3. The third kappa shape index (κ3) is 5.21. The molecule has 3 aromatic rings.